The van der Waals surface area contributed by atoms with Gasteiger partial charge in [0, 0.05) is 12.7 Å². The van der Waals surface area contributed by atoms with E-state index in [9.17, 15) is 31.2 Å². The molecule has 1 heterocycles. The van der Waals surface area contributed by atoms with E-state index < -0.39 is 45.3 Å². The largest absolute Gasteiger partial charge is 0.390 e. The summed E-state index contributed by atoms with van der Waals surface area (Å²) in [5, 5.41) is 4.67. The third-order valence-corrected chi connectivity index (χ3v) is 2.82. The van der Waals surface area contributed by atoms with E-state index in [1.54, 1.807) is 4.98 Å². The van der Waals surface area contributed by atoms with Gasteiger partial charge in [0.25, 0.3) is 5.56 Å². The molecule has 0 amide bonds. The first-order chi connectivity index (χ1) is 8.00. The number of halogens is 3. The van der Waals surface area contributed by atoms with Crippen LogP contribution in [0.15, 0.2) is 20.7 Å². The average Bonchev–Trinajstić information content (AvgIpc) is 2.12. The Balaban J connectivity index is 3.23. The van der Waals surface area contributed by atoms with Crippen LogP contribution in [0.25, 0.3) is 0 Å². The van der Waals surface area contributed by atoms with Crippen LogP contribution in [-0.4, -0.2) is 24.1 Å². The van der Waals surface area contributed by atoms with E-state index in [1.807, 2.05) is 0 Å². The number of aromatic amines is 1. The van der Waals surface area contributed by atoms with Gasteiger partial charge in [0.05, 0.1) is 6.42 Å². The summed E-state index contributed by atoms with van der Waals surface area (Å²) in [6, 6.07) is 0. The molecule has 0 radical (unpaired) electrons. The number of H-pyrrole nitrogens is 1. The molecular formula is C7H8F3N3O4S. The zero-order chi connectivity index (χ0) is 14.1. The van der Waals surface area contributed by atoms with Gasteiger partial charge in [0.1, 0.15) is 0 Å². The summed E-state index contributed by atoms with van der Waals surface area (Å²) in [7, 11) is -4.41. The van der Waals surface area contributed by atoms with Crippen LogP contribution in [0.4, 0.5) is 13.2 Å². The zero-order valence-corrected chi connectivity index (χ0v) is 9.51. The standard InChI is InChI=1S/C7H8F3N3O4S/c8-7(9,10)1-2-13-3-4(18(11,16)17)5(14)12-6(13)15/h3H,1-2H2,(H2,11,16,17)(H,12,14,15). The van der Waals surface area contributed by atoms with Gasteiger partial charge < -0.3 is 0 Å². The second-order valence-electron chi connectivity index (χ2n) is 3.36. The predicted octanol–water partition coefficient (Wildman–Crippen LogP) is -0.864. The number of alkyl halides is 3. The number of nitrogens with two attached hydrogens (primary N) is 1. The van der Waals surface area contributed by atoms with Crippen molar-refractivity contribution in [2.24, 2.45) is 5.14 Å². The molecule has 1 aromatic rings. The number of aromatic nitrogens is 2. The van der Waals surface area contributed by atoms with Gasteiger partial charge in [0.2, 0.25) is 10.0 Å². The molecular weight excluding hydrogens is 279 g/mol. The maximum Gasteiger partial charge on any atom is 0.390 e. The first-order valence-electron chi connectivity index (χ1n) is 4.44. The van der Waals surface area contributed by atoms with Gasteiger partial charge in [-0.25, -0.2) is 18.4 Å². The quantitative estimate of drug-likeness (QED) is 0.752. The molecule has 0 spiro atoms. The van der Waals surface area contributed by atoms with Crippen molar-refractivity contribution in [1.82, 2.24) is 9.55 Å². The van der Waals surface area contributed by atoms with Crippen molar-refractivity contribution < 1.29 is 21.6 Å². The lowest BCUT2D eigenvalue weighted by molar-refractivity contribution is -0.136. The van der Waals surface area contributed by atoms with E-state index >= 15 is 0 Å². The van der Waals surface area contributed by atoms with Crippen molar-refractivity contribution in [1.29, 1.82) is 0 Å². The van der Waals surface area contributed by atoms with Gasteiger partial charge in [-0.1, -0.05) is 0 Å². The zero-order valence-electron chi connectivity index (χ0n) is 8.69. The molecule has 3 N–H and O–H groups in total. The second-order valence-corrected chi connectivity index (χ2v) is 4.89. The first kappa shape index (κ1) is 14.4. The molecule has 0 aromatic carbocycles. The highest BCUT2D eigenvalue weighted by atomic mass is 32.2. The molecule has 0 aliphatic heterocycles. The van der Waals surface area contributed by atoms with Crippen LogP contribution in [0, 0.1) is 0 Å². The van der Waals surface area contributed by atoms with Gasteiger partial charge >= 0.3 is 11.9 Å². The fourth-order valence-electron chi connectivity index (χ4n) is 1.11. The van der Waals surface area contributed by atoms with Crippen LogP contribution in [0.2, 0.25) is 0 Å². The van der Waals surface area contributed by atoms with Crippen LogP contribution in [0.1, 0.15) is 6.42 Å². The van der Waals surface area contributed by atoms with Gasteiger partial charge in [-0.3, -0.25) is 14.3 Å². The van der Waals surface area contributed by atoms with Crippen LogP contribution in [0.3, 0.4) is 0 Å². The Bertz CT molecular complexity index is 658. The molecule has 0 aliphatic carbocycles. The highest BCUT2D eigenvalue weighted by Crippen LogP contribution is 2.19. The Hall–Kier alpha value is -1.62. The molecule has 0 saturated heterocycles. The Kier molecular flexibility index (Phi) is 3.67. The molecule has 7 nitrogen and oxygen atoms in total. The van der Waals surface area contributed by atoms with E-state index in [2.05, 4.69) is 5.14 Å². The molecule has 1 rings (SSSR count). The number of aryl methyl sites for hydroxylation is 1. The fourth-order valence-corrected chi connectivity index (χ4v) is 1.69. The minimum atomic E-state index is -4.52. The van der Waals surface area contributed by atoms with Crippen LogP contribution in [0.5, 0.6) is 0 Å². The summed E-state index contributed by atoms with van der Waals surface area (Å²) in [4.78, 5) is 22.8. The molecule has 0 fully saturated rings. The minimum absolute atomic E-state index is 0.425. The Morgan fingerprint density at radius 2 is 1.89 bits per heavy atom. The number of nitrogens with one attached hydrogen (secondary N) is 1. The Morgan fingerprint density at radius 3 is 2.33 bits per heavy atom. The molecule has 18 heavy (non-hydrogen) atoms. The van der Waals surface area contributed by atoms with Gasteiger partial charge in [-0.05, 0) is 0 Å². The normalized spacial score (nSPS) is 12.7. The smallest absolute Gasteiger partial charge is 0.299 e. The van der Waals surface area contributed by atoms with Crippen LogP contribution < -0.4 is 16.4 Å². The molecule has 102 valence electrons. The summed E-state index contributed by atoms with van der Waals surface area (Å²) in [5.41, 5.74) is -2.41. The lowest BCUT2D eigenvalue weighted by Crippen LogP contribution is -2.35. The van der Waals surface area contributed by atoms with Gasteiger partial charge in [-0.15, -0.1) is 0 Å². The Morgan fingerprint density at radius 1 is 1.33 bits per heavy atom. The van der Waals surface area contributed by atoms with E-state index in [4.69, 9.17) is 0 Å². The maximum atomic E-state index is 12.0. The highest BCUT2D eigenvalue weighted by molar-refractivity contribution is 7.89. The molecule has 0 atom stereocenters. The van der Waals surface area contributed by atoms with Crippen molar-refractivity contribution in [2.45, 2.75) is 24.0 Å². The summed E-state index contributed by atoms with van der Waals surface area (Å²) < 4.78 is 58.2. The van der Waals surface area contributed by atoms with E-state index in [-0.39, 0.29) is 0 Å². The third kappa shape index (κ3) is 3.70. The summed E-state index contributed by atoms with van der Waals surface area (Å²) >= 11 is 0. The van der Waals surface area contributed by atoms with Gasteiger partial charge in [0.15, 0.2) is 4.90 Å². The van der Waals surface area contributed by atoms with E-state index in [0.717, 1.165) is 0 Å². The van der Waals surface area contributed by atoms with Crippen molar-refractivity contribution in [2.75, 3.05) is 0 Å². The third-order valence-electron chi connectivity index (χ3n) is 1.92. The SMILES string of the molecule is NS(=O)(=O)c1cn(CCC(F)(F)F)c(=O)[nH]c1=O. The lowest BCUT2D eigenvalue weighted by atomic mass is 10.4. The van der Waals surface area contributed by atoms with Crippen molar-refractivity contribution in [3.63, 3.8) is 0 Å². The molecule has 0 saturated carbocycles. The van der Waals surface area contributed by atoms with Crippen molar-refractivity contribution in [3.05, 3.63) is 27.0 Å². The molecule has 0 unspecified atom stereocenters. The fraction of sp³-hybridized carbons (Fsp3) is 0.429. The van der Waals surface area contributed by atoms with Crippen molar-refractivity contribution in [3.8, 4) is 0 Å². The lowest BCUT2D eigenvalue weighted by Gasteiger charge is -2.08. The van der Waals surface area contributed by atoms with Crippen molar-refractivity contribution >= 4 is 10.0 Å². The second kappa shape index (κ2) is 4.57. The van der Waals surface area contributed by atoms with Crippen LogP contribution >= 0.6 is 0 Å². The summed E-state index contributed by atoms with van der Waals surface area (Å²) in [6.07, 6.45) is -5.37. The number of hydrogen-bond acceptors (Lipinski definition) is 4. The number of sulfonamides is 1. The molecule has 1 aromatic heterocycles. The minimum Gasteiger partial charge on any atom is -0.299 e. The number of hydrogen-bond donors (Lipinski definition) is 2. The summed E-state index contributed by atoms with van der Waals surface area (Å²) in [6.45, 7) is -0.818. The predicted molar refractivity (Wildman–Crippen MR) is 53.4 cm³/mol. The van der Waals surface area contributed by atoms with E-state index in [1.165, 1.54) is 0 Å². The number of nitrogens with zero attached hydrogens (tertiary/aromatic N) is 1. The Labute approximate surface area is 98.1 Å². The molecule has 0 bridgehead atoms. The highest BCUT2D eigenvalue weighted by Gasteiger charge is 2.27. The van der Waals surface area contributed by atoms with E-state index in [0.29, 0.717) is 10.8 Å². The molecule has 11 heteroatoms. The number of primary sulfonamides is 1. The summed E-state index contributed by atoms with van der Waals surface area (Å²) in [5.74, 6) is 0. The van der Waals surface area contributed by atoms with Crippen LogP contribution in [-0.2, 0) is 16.6 Å². The first-order valence-corrected chi connectivity index (χ1v) is 5.98. The van der Waals surface area contributed by atoms with Gasteiger partial charge in [-0.2, -0.15) is 13.2 Å². The average molecular weight is 287 g/mol. The molecule has 0 aliphatic rings. The topological polar surface area (TPSA) is 115 Å². The maximum absolute atomic E-state index is 12.0. The number of rotatable bonds is 3. The monoisotopic (exact) mass is 287 g/mol.